The van der Waals surface area contributed by atoms with Gasteiger partial charge in [0.25, 0.3) is 0 Å². The van der Waals surface area contributed by atoms with Crippen LogP contribution in [-0.4, -0.2) is 63.2 Å². The van der Waals surface area contributed by atoms with E-state index in [1.807, 2.05) is 4.90 Å². The van der Waals surface area contributed by atoms with Gasteiger partial charge in [0.2, 0.25) is 10.0 Å². The molecule has 1 saturated heterocycles. The number of Topliss-reactive ketones (excluding diaryl/α,β-unsaturated/α-hetero) is 1. The van der Waals surface area contributed by atoms with Gasteiger partial charge in [-0.2, -0.15) is 4.31 Å². The average molecular weight is 347 g/mol. The van der Waals surface area contributed by atoms with Gasteiger partial charge in [-0.05, 0) is 25.1 Å². The smallest absolute Gasteiger partial charge is 0.243 e. The monoisotopic (exact) mass is 346 g/mol. The van der Waals surface area contributed by atoms with E-state index in [1.54, 1.807) is 6.07 Å². The van der Waals surface area contributed by atoms with Gasteiger partial charge in [0.1, 0.15) is 11.5 Å². The molecule has 1 fully saturated rings. The number of piperazine rings is 1. The third-order valence-electron chi connectivity index (χ3n) is 3.54. The molecule has 1 aliphatic heterocycles. The van der Waals surface area contributed by atoms with E-state index in [0.717, 1.165) is 0 Å². The van der Waals surface area contributed by atoms with Gasteiger partial charge in [0.05, 0.1) is 23.6 Å². The van der Waals surface area contributed by atoms with Crippen molar-refractivity contribution < 1.29 is 17.9 Å². The lowest BCUT2D eigenvalue weighted by Gasteiger charge is -2.33. The minimum atomic E-state index is -3.58. The number of ether oxygens (including phenoxy) is 1. The van der Waals surface area contributed by atoms with E-state index in [9.17, 15) is 13.2 Å². The first kappa shape index (κ1) is 17.2. The first-order valence-electron chi connectivity index (χ1n) is 6.90. The van der Waals surface area contributed by atoms with Gasteiger partial charge in [0, 0.05) is 26.2 Å². The summed E-state index contributed by atoms with van der Waals surface area (Å²) in [7, 11) is -2.10. The SMILES string of the molecule is COc1ccc(S(=O)(=O)N2CCN(CC(C)=O)CC2)cc1Cl. The Hall–Kier alpha value is -1.15. The lowest BCUT2D eigenvalue weighted by atomic mass is 10.3. The summed E-state index contributed by atoms with van der Waals surface area (Å²) >= 11 is 6.00. The van der Waals surface area contributed by atoms with Crippen LogP contribution in [-0.2, 0) is 14.8 Å². The normalized spacial score (nSPS) is 17.4. The first-order valence-corrected chi connectivity index (χ1v) is 8.72. The van der Waals surface area contributed by atoms with E-state index in [2.05, 4.69) is 0 Å². The van der Waals surface area contributed by atoms with Crippen molar-refractivity contribution in [1.29, 1.82) is 0 Å². The fourth-order valence-corrected chi connectivity index (χ4v) is 4.17. The van der Waals surface area contributed by atoms with Crippen molar-refractivity contribution in [1.82, 2.24) is 9.21 Å². The lowest BCUT2D eigenvalue weighted by molar-refractivity contribution is -0.118. The van der Waals surface area contributed by atoms with E-state index in [0.29, 0.717) is 38.5 Å². The Kier molecular flexibility index (Phi) is 5.44. The molecule has 2 rings (SSSR count). The second-order valence-corrected chi connectivity index (χ2v) is 7.52. The number of halogens is 1. The highest BCUT2D eigenvalue weighted by molar-refractivity contribution is 7.89. The number of ketones is 1. The molecule has 0 spiro atoms. The van der Waals surface area contributed by atoms with Gasteiger partial charge in [-0.15, -0.1) is 0 Å². The zero-order chi connectivity index (χ0) is 16.3. The highest BCUT2D eigenvalue weighted by Crippen LogP contribution is 2.28. The van der Waals surface area contributed by atoms with Crippen LogP contribution < -0.4 is 4.74 Å². The summed E-state index contributed by atoms with van der Waals surface area (Å²) in [5, 5.41) is 0.263. The second kappa shape index (κ2) is 6.95. The second-order valence-electron chi connectivity index (χ2n) is 5.18. The number of benzene rings is 1. The predicted octanol–water partition coefficient (Wildman–Crippen LogP) is 1.24. The van der Waals surface area contributed by atoms with Crippen molar-refractivity contribution in [3.63, 3.8) is 0 Å². The molecule has 0 N–H and O–H groups in total. The zero-order valence-electron chi connectivity index (χ0n) is 12.6. The van der Waals surface area contributed by atoms with E-state index < -0.39 is 10.0 Å². The van der Waals surface area contributed by atoms with Crippen LogP contribution in [0.5, 0.6) is 5.75 Å². The molecule has 1 heterocycles. The molecule has 22 heavy (non-hydrogen) atoms. The van der Waals surface area contributed by atoms with Crippen molar-refractivity contribution in [2.24, 2.45) is 0 Å². The molecule has 0 unspecified atom stereocenters. The van der Waals surface area contributed by atoms with Crippen LogP contribution in [0.15, 0.2) is 23.1 Å². The number of nitrogens with zero attached hydrogens (tertiary/aromatic N) is 2. The maximum Gasteiger partial charge on any atom is 0.243 e. The maximum absolute atomic E-state index is 12.6. The Morgan fingerprint density at radius 3 is 2.41 bits per heavy atom. The van der Waals surface area contributed by atoms with Gasteiger partial charge >= 0.3 is 0 Å². The summed E-state index contributed by atoms with van der Waals surface area (Å²) in [6.45, 7) is 3.70. The Morgan fingerprint density at radius 2 is 1.91 bits per heavy atom. The number of sulfonamides is 1. The molecule has 1 aromatic carbocycles. The number of hydrogen-bond acceptors (Lipinski definition) is 5. The minimum absolute atomic E-state index is 0.0817. The Labute approximate surface area is 135 Å². The van der Waals surface area contributed by atoms with Crippen LogP contribution in [0.3, 0.4) is 0 Å². The Bertz CT molecular complexity index is 655. The molecule has 0 radical (unpaired) electrons. The van der Waals surface area contributed by atoms with Crippen molar-refractivity contribution in [2.45, 2.75) is 11.8 Å². The van der Waals surface area contributed by atoms with E-state index >= 15 is 0 Å². The molecule has 6 nitrogen and oxygen atoms in total. The molecule has 0 saturated carbocycles. The van der Waals surface area contributed by atoms with Crippen molar-refractivity contribution in [3.05, 3.63) is 23.2 Å². The lowest BCUT2D eigenvalue weighted by Crippen LogP contribution is -2.49. The molecule has 1 aromatic rings. The van der Waals surface area contributed by atoms with E-state index in [1.165, 1.54) is 30.5 Å². The summed E-state index contributed by atoms with van der Waals surface area (Å²) < 4.78 is 31.7. The van der Waals surface area contributed by atoms with Crippen LogP contribution in [0.2, 0.25) is 5.02 Å². The number of hydrogen-bond donors (Lipinski definition) is 0. The van der Waals surface area contributed by atoms with E-state index in [-0.39, 0.29) is 15.7 Å². The molecule has 8 heteroatoms. The highest BCUT2D eigenvalue weighted by atomic mass is 35.5. The molecule has 0 aliphatic carbocycles. The molecule has 0 bridgehead atoms. The van der Waals surface area contributed by atoms with Crippen molar-refractivity contribution in [3.8, 4) is 5.75 Å². The number of methoxy groups -OCH3 is 1. The molecule has 0 aromatic heterocycles. The third kappa shape index (κ3) is 3.78. The van der Waals surface area contributed by atoms with Gasteiger partial charge in [0.15, 0.2) is 0 Å². The first-order chi connectivity index (χ1) is 10.3. The number of rotatable bonds is 5. The van der Waals surface area contributed by atoms with Crippen LogP contribution in [0.1, 0.15) is 6.92 Å². The van der Waals surface area contributed by atoms with Gasteiger partial charge in [-0.3, -0.25) is 9.69 Å². The van der Waals surface area contributed by atoms with Crippen LogP contribution in [0.25, 0.3) is 0 Å². The fraction of sp³-hybridized carbons (Fsp3) is 0.500. The molecular weight excluding hydrogens is 328 g/mol. The summed E-state index contributed by atoms with van der Waals surface area (Å²) in [5.74, 6) is 0.519. The molecule has 0 atom stereocenters. The van der Waals surface area contributed by atoms with Crippen LogP contribution >= 0.6 is 11.6 Å². The van der Waals surface area contributed by atoms with Crippen molar-refractivity contribution >= 4 is 27.4 Å². The minimum Gasteiger partial charge on any atom is -0.495 e. The average Bonchev–Trinajstić information content (AvgIpc) is 2.47. The topological polar surface area (TPSA) is 66.9 Å². The van der Waals surface area contributed by atoms with Crippen molar-refractivity contribution in [2.75, 3.05) is 39.8 Å². The summed E-state index contributed by atoms with van der Waals surface area (Å²) in [6.07, 6.45) is 0. The molecular formula is C14H19ClN2O4S. The molecule has 122 valence electrons. The zero-order valence-corrected chi connectivity index (χ0v) is 14.2. The van der Waals surface area contributed by atoms with E-state index in [4.69, 9.17) is 16.3 Å². The Balaban J connectivity index is 2.11. The fourth-order valence-electron chi connectivity index (χ4n) is 2.40. The van der Waals surface area contributed by atoms with Gasteiger partial charge in [-0.25, -0.2) is 8.42 Å². The Morgan fingerprint density at radius 1 is 1.27 bits per heavy atom. The predicted molar refractivity (Wildman–Crippen MR) is 83.9 cm³/mol. The quantitative estimate of drug-likeness (QED) is 0.802. The van der Waals surface area contributed by atoms with Gasteiger partial charge < -0.3 is 4.74 Å². The molecule has 1 aliphatic rings. The largest absolute Gasteiger partial charge is 0.495 e. The van der Waals surface area contributed by atoms with Crippen LogP contribution in [0, 0.1) is 0 Å². The number of carbonyl (C=O) groups is 1. The summed E-state index contributed by atoms with van der Waals surface area (Å²) in [6, 6.07) is 4.43. The highest BCUT2D eigenvalue weighted by Gasteiger charge is 2.29. The standard InChI is InChI=1S/C14H19ClN2O4S/c1-11(18)10-16-5-7-17(8-6-16)22(19,20)12-3-4-14(21-2)13(15)9-12/h3-4,9H,5-8,10H2,1-2H3. The molecule has 0 amide bonds. The summed E-state index contributed by atoms with van der Waals surface area (Å²) in [4.78, 5) is 13.2. The number of carbonyl (C=O) groups excluding carboxylic acids is 1. The third-order valence-corrected chi connectivity index (χ3v) is 5.73. The maximum atomic E-state index is 12.6. The summed E-state index contributed by atoms with van der Waals surface area (Å²) in [5.41, 5.74) is 0. The van der Waals surface area contributed by atoms with Gasteiger partial charge in [-0.1, -0.05) is 11.6 Å². The van der Waals surface area contributed by atoms with Crippen LogP contribution in [0.4, 0.5) is 0 Å².